The average molecular weight is 308 g/mol. The van der Waals surface area contributed by atoms with Crippen LogP contribution in [0.1, 0.15) is 41.3 Å². The molecule has 0 unspecified atom stereocenters. The Morgan fingerprint density at radius 3 is 2.61 bits per heavy atom. The fourth-order valence-electron chi connectivity index (χ4n) is 2.38. The minimum absolute atomic E-state index is 0.116. The second kappa shape index (κ2) is 5.64. The number of rotatable bonds is 4. The Kier molecular flexibility index (Phi) is 3.65. The molecule has 0 radical (unpaired) electrons. The summed E-state index contributed by atoms with van der Waals surface area (Å²) in [6.45, 7) is 3.94. The predicted molar refractivity (Wildman–Crippen MR) is 85.4 cm³/mol. The molecule has 0 amide bonds. The number of H-pyrrole nitrogens is 2. The molecule has 0 aromatic carbocycles. The van der Waals surface area contributed by atoms with Gasteiger partial charge in [-0.3, -0.25) is 14.6 Å². The molecular formula is C17H16N4O2. The SMILES string of the molecule is CC(C)(c1ccc(=O)[nH]n1)c1ccc(C(=O)c2cccnc2)[nH]1. The van der Waals surface area contributed by atoms with Crippen molar-refractivity contribution in [1.29, 1.82) is 0 Å². The van der Waals surface area contributed by atoms with E-state index < -0.39 is 5.41 Å². The molecule has 3 aromatic rings. The molecule has 0 saturated heterocycles. The molecular weight excluding hydrogens is 292 g/mol. The zero-order chi connectivity index (χ0) is 16.4. The van der Waals surface area contributed by atoms with E-state index in [2.05, 4.69) is 20.2 Å². The molecule has 0 bridgehead atoms. The fraction of sp³-hybridized carbons (Fsp3) is 0.176. The minimum atomic E-state index is -0.475. The van der Waals surface area contributed by atoms with E-state index in [4.69, 9.17) is 0 Å². The van der Waals surface area contributed by atoms with Crippen LogP contribution in [0.4, 0.5) is 0 Å². The molecule has 0 aliphatic rings. The highest BCUT2D eigenvalue weighted by atomic mass is 16.1. The normalized spacial score (nSPS) is 11.4. The zero-order valence-electron chi connectivity index (χ0n) is 12.8. The van der Waals surface area contributed by atoms with Crippen LogP contribution in [0, 0.1) is 0 Å². The summed E-state index contributed by atoms with van der Waals surface area (Å²) in [7, 11) is 0. The number of carbonyl (C=O) groups is 1. The van der Waals surface area contributed by atoms with Crippen molar-refractivity contribution in [3.8, 4) is 0 Å². The standard InChI is InChI=1S/C17H16N4O2/c1-17(2,14-7-8-15(22)21-20-14)13-6-5-12(19-13)16(23)11-4-3-9-18-10-11/h3-10,19H,1-2H3,(H,21,22). The largest absolute Gasteiger partial charge is 0.355 e. The van der Waals surface area contributed by atoms with Crippen molar-refractivity contribution in [1.82, 2.24) is 20.2 Å². The fourth-order valence-corrected chi connectivity index (χ4v) is 2.38. The van der Waals surface area contributed by atoms with Gasteiger partial charge < -0.3 is 4.98 Å². The van der Waals surface area contributed by atoms with Gasteiger partial charge >= 0.3 is 0 Å². The molecule has 2 N–H and O–H groups in total. The maximum absolute atomic E-state index is 12.4. The molecule has 0 aliphatic heterocycles. The van der Waals surface area contributed by atoms with Crippen LogP contribution >= 0.6 is 0 Å². The monoisotopic (exact) mass is 308 g/mol. The van der Waals surface area contributed by atoms with Crippen molar-refractivity contribution in [2.45, 2.75) is 19.3 Å². The van der Waals surface area contributed by atoms with E-state index in [1.54, 1.807) is 30.5 Å². The van der Waals surface area contributed by atoms with Crippen LogP contribution in [-0.4, -0.2) is 25.9 Å². The Morgan fingerprint density at radius 2 is 1.96 bits per heavy atom. The van der Waals surface area contributed by atoms with Crippen LogP contribution in [0.3, 0.4) is 0 Å². The molecule has 0 spiro atoms. The van der Waals surface area contributed by atoms with Crippen molar-refractivity contribution in [2.24, 2.45) is 0 Å². The first kappa shape index (κ1) is 14.9. The first-order chi connectivity index (χ1) is 11.0. The summed E-state index contributed by atoms with van der Waals surface area (Å²) in [5.41, 5.74) is 1.84. The molecule has 0 saturated carbocycles. The summed E-state index contributed by atoms with van der Waals surface area (Å²) >= 11 is 0. The quantitative estimate of drug-likeness (QED) is 0.722. The molecule has 3 rings (SSSR count). The number of aromatic nitrogens is 4. The third-order valence-electron chi connectivity index (χ3n) is 3.85. The molecule has 0 atom stereocenters. The van der Waals surface area contributed by atoms with Crippen LogP contribution in [0.2, 0.25) is 0 Å². The number of carbonyl (C=O) groups excluding carboxylic acids is 1. The molecule has 0 aliphatic carbocycles. The Hall–Kier alpha value is -3.02. The average Bonchev–Trinajstić information content (AvgIpc) is 3.06. The third-order valence-corrected chi connectivity index (χ3v) is 3.85. The molecule has 23 heavy (non-hydrogen) atoms. The van der Waals surface area contributed by atoms with Gasteiger partial charge in [-0.15, -0.1) is 0 Å². The summed E-state index contributed by atoms with van der Waals surface area (Å²) in [5, 5.41) is 6.52. The van der Waals surface area contributed by atoms with Crippen molar-refractivity contribution in [3.63, 3.8) is 0 Å². The van der Waals surface area contributed by atoms with E-state index in [1.165, 1.54) is 12.3 Å². The second-order valence-electron chi connectivity index (χ2n) is 5.79. The maximum atomic E-state index is 12.4. The van der Waals surface area contributed by atoms with Gasteiger partial charge in [-0.05, 0) is 44.2 Å². The second-order valence-corrected chi connectivity index (χ2v) is 5.79. The summed E-state index contributed by atoms with van der Waals surface area (Å²) < 4.78 is 0. The van der Waals surface area contributed by atoms with Gasteiger partial charge in [-0.25, -0.2) is 5.10 Å². The van der Waals surface area contributed by atoms with Crippen LogP contribution in [0.25, 0.3) is 0 Å². The highest BCUT2D eigenvalue weighted by molar-refractivity contribution is 6.07. The number of nitrogens with one attached hydrogen (secondary N) is 2. The molecule has 6 nitrogen and oxygen atoms in total. The van der Waals surface area contributed by atoms with E-state index in [0.29, 0.717) is 17.0 Å². The Bertz CT molecular complexity index is 874. The minimum Gasteiger partial charge on any atom is -0.355 e. The number of aromatic amines is 2. The Labute approximate surface area is 132 Å². The van der Waals surface area contributed by atoms with Gasteiger partial charge in [-0.2, -0.15) is 5.10 Å². The first-order valence-electron chi connectivity index (χ1n) is 7.19. The summed E-state index contributed by atoms with van der Waals surface area (Å²) in [4.78, 5) is 30.7. The summed E-state index contributed by atoms with van der Waals surface area (Å²) in [6, 6.07) is 10.2. The highest BCUT2D eigenvalue weighted by Gasteiger charge is 2.27. The van der Waals surface area contributed by atoms with Gasteiger partial charge in [0.2, 0.25) is 5.78 Å². The third kappa shape index (κ3) is 2.83. The van der Waals surface area contributed by atoms with E-state index in [1.807, 2.05) is 19.9 Å². The van der Waals surface area contributed by atoms with Gasteiger partial charge in [0.05, 0.1) is 11.4 Å². The van der Waals surface area contributed by atoms with E-state index in [-0.39, 0.29) is 11.3 Å². The van der Waals surface area contributed by atoms with Crippen LogP contribution < -0.4 is 5.56 Å². The van der Waals surface area contributed by atoms with Crippen molar-refractivity contribution in [3.05, 3.63) is 81.8 Å². The maximum Gasteiger partial charge on any atom is 0.264 e. The number of pyridine rings is 1. The zero-order valence-corrected chi connectivity index (χ0v) is 12.8. The Balaban J connectivity index is 1.93. The van der Waals surface area contributed by atoms with Gasteiger partial charge in [0.15, 0.2) is 0 Å². The van der Waals surface area contributed by atoms with Crippen LogP contribution in [0.15, 0.2) is 53.6 Å². The number of ketones is 1. The van der Waals surface area contributed by atoms with Gasteiger partial charge in [0.25, 0.3) is 5.56 Å². The Morgan fingerprint density at radius 1 is 1.13 bits per heavy atom. The van der Waals surface area contributed by atoms with Crippen molar-refractivity contribution < 1.29 is 4.79 Å². The lowest BCUT2D eigenvalue weighted by atomic mass is 9.85. The van der Waals surface area contributed by atoms with Crippen molar-refractivity contribution in [2.75, 3.05) is 0 Å². The smallest absolute Gasteiger partial charge is 0.264 e. The van der Waals surface area contributed by atoms with Crippen LogP contribution in [-0.2, 0) is 5.41 Å². The molecule has 3 heterocycles. The summed E-state index contributed by atoms with van der Waals surface area (Å²) in [5.74, 6) is -0.116. The topological polar surface area (TPSA) is 91.5 Å². The number of nitrogens with zero attached hydrogens (tertiary/aromatic N) is 2. The van der Waals surface area contributed by atoms with Crippen molar-refractivity contribution >= 4 is 5.78 Å². The van der Waals surface area contributed by atoms with E-state index >= 15 is 0 Å². The molecule has 6 heteroatoms. The molecule has 116 valence electrons. The molecule has 0 fully saturated rings. The lowest BCUT2D eigenvalue weighted by molar-refractivity contribution is 0.103. The summed E-state index contributed by atoms with van der Waals surface area (Å²) in [6.07, 6.45) is 3.17. The van der Waals surface area contributed by atoms with E-state index in [0.717, 1.165) is 5.69 Å². The first-order valence-corrected chi connectivity index (χ1v) is 7.19. The van der Waals surface area contributed by atoms with Gasteiger partial charge in [-0.1, -0.05) is 0 Å². The van der Waals surface area contributed by atoms with Gasteiger partial charge in [0, 0.05) is 35.1 Å². The molecule has 3 aromatic heterocycles. The highest BCUT2D eigenvalue weighted by Crippen LogP contribution is 2.29. The number of hydrogen-bond acceptors (Lipinski definition) is 4. The van der Waals surface area contributed by atoms with E-state index in [9.17, 15) is 9.59 Å². The van der Waals surface area contributed by atoms with Gasteiger partial charge in [0.1, 0.15) is 0 Å². The predicted octanol–water partition coefficient (Wildman–Crippen LogP) is 2.05. The van der Waals surface area contributed by atoms with Crippen LogP contribution in [0.5, 0.6) is 0 Å². The lowest BCUT2D eigenvalue weighted by Crippen LogP contribution is -2.23. The lowest BCUT2D eigenvalue weighted by Gasteiger charge is -2.22. The number of hydrogen-bond donors (Lipinski definition) is 2.